The van der Waals surface area contributed by atoms with Crippen molar-refractivity contribution in [1.82, 2.24) is 4.90 Å². The summed E-state index contributed by atoms with van der Waals surface area (Å²) in [5, 5.41) is 10.2. The molecule has 2 nitrogen and oxygen atoms in total. The Morgan fingerprint density at radius 3 is 2.64 bits per heavy atom. The van der Waals surface area contributed by atoms with Gasteiger partial charge in [0, 0.05) is 17.5 Å². The van der Waals surface area contributed by atoms with Gasteiger partial charge < -0.3 is 5.11 Å². The van der Waals surface area contributed by atoms with Crippen molar-refractivity contribution in [3.63, 3.8) is 0 Å². The van der Waals surface area contributed by atoms with E-state index in [1.807, 2.05) is 0 Å². The lowest BCUT2D eigenvalue weighted by Gasteiger charge is -2.39. The minimum Gasteiger partial charge on any atom is -0.393 e. The molecule has 82 valence electrons. The Morgan fingerprint density at radius 2 is 1.93 bits per heavy atom. The molecule has 0 radical (unpaired) electrons. The van der Waals surface area contributed by atoms with E-state index in [4.69, 9.17) is 0 Å². The molecule has 0 saturated carbocycles. The Labute approximate surface area is 87.3 Å². The van der Waals surface area contributed by atoms with Gasteiger partial charge in [-0.05, 0) is 39.2 Å². The molecule has 2 heterocycles. The molecule has 0 aromatic rings. The second-order valence-corrected chi connectivity index (χ2v) is 5.66. The van der Waals surface area contributed by atoms with Gasteiger partial charge in [0.25, 0.3) is 0 Å². The van der Waals surface area contributed by atoms with Crippen LogP contribution >= 0.6 is 0 Å². The quantitative estimate of drug-likeness (QED) is 0.642. The van der Waals surface area contributed by atoms with Gasteiger partial charge in [-0.15, -0.1) is 0 Å². The summed E-state index contributed by atoms with van der Waals surface area (Å²) in [6.07, 6.45) is 4.60. The Balaban J connectivity index is 2.25. The molecule has 14 heavy (non-hydrogen) atoms. The number of rotatable bonds is 0. The molecule has 2 saturated heterocycles. The van der Waals surface area contributed by atoms with Crippen LogP contribution in [0.2, 0.25) is 0 Å². The summed E-state index contributed by atoms with van der Waals surface area (Å²) in [5.41, 5.74) is 0.0846. The predicted octanol–water partition coefficient (Wildman–Crippen LogP) is 2.02. The zero-order valence-corrected chi connectivity index (χ0v) is 9.66. The van der Waals surface area contributed by atoms with Crippen molar-refractivity contribution in [2.75, 3.05) is 6.54 Å². The largest absolute Gasteiger partial charge is 0.393 e. The molecule has 0 aliphatic carbocycles. The first-order chi connectivity index (χ1) is 6.53. The summed E-state index contributed by atoms with van der Waals surface area (Å²) < 4.78 is 0. The third kappa shape index (κ3) is 1.49. The first-order valence-electron chi connectivity index (χ1n) is 5.97. The Bertz CT molecular complexity index is 214. The second-order valence-electron chi connectivity index (χ2n) is 5.66. The van der Waals surface area contributed by atoms with Crippen molar-refractivity contribution in [3.8, 4) is 0 Å². The number of aliphatic hydroxyl groups excluding tert-OH is 1. The Hall–Kier alpha value is -0.0800. The van der Waals surface area contributed by atoms with E-state index in [-0.39, 0.29) is 11.5 Å². The Morgan fingerprint density at radius 1 is 1.21 bits per heavy atom. The van der Waals surface area contributed by atoms with Crippen molar-refractivity contribution >= 4 is 0 Å². The van der Waals surface area contributed by atoms with Gasteiger partial charge in [0.05, 0.1) is 6.10 Å². The minimum absolute atomic E-state index is 0.0846. The third-order valence-corrected chi connectivity index (χ3v) is 4.44. The van der Waals surface area contributed by atoms with E-state index in [1.54, 1.807) is 0 Å². The zero-order valence-electron chi connectivity index (χ0n) is 9.66. The van der Waals surface area contributed by atoms with Crippen LogP contribution in [-0.4, -0.2) is 34.7 Å². The van der Waals surface area contributed by atoms with Crippen LogP contribution in [0.3, 0.4) is 0 Å². The molecule has 0 aromatic heterocycles. The van der Waals surface area contributed by atoms with Crippen LogP contribution < -0.4 is 0 Å². The van der Waals surface area contributed by atoms with Gasteiger partial charge in [-0.2, -0.15) is 0 Å². The molecular formula is C12H23NO. The molecule has 0 unspecified atom stereocenters. The molecule has 2 aliphatic heterocycles. The molecule has 2 rings (SSSR count). The SMILES string of the molecule is C[C@@H]1CC[C@H](O)C(C)(C)[C@@H]2CCCN12. The fourth-order valence-electron chi connectivity index (χ4n) is 3.27. The van der Waals surface area contributed by atoms with Crippen LogP contribution in [0.1, 0.15) is 46.5 Å². The summed E-state index contributed by atoms with van der Waals surface area (Å²) >= 11 is 0. The van der Waals surface area contributed by atoms with Crippen LogP contribution in [0.5, 0.6) is 0 Å². The first-order valence-corrected chi connectivity index (χ1v) is 5.97. The first kappa shape index (κ1) is 10.4. The molecule has 2 heteroatoms. The second kappa shape index (κ2) is 3.49. The maximum atomic E-state index is 10.2. The molecule has 2 aliphatic rings. The normalized spacial score (nSPS) is 43.3. The van der Waals surface area contributed by atoms with Crippen LogP contribution in [-0.2, 0) is 0 Å². The van der Waals surface area contributed by atoms with E-state index in [0.29, 0.717) is 12.1 Å². The van der Waals surface area contributed by atoms with Crippen molar-refractivity contribution in [1.29, 1.82) is 0 Å². The van der Waals surface area contributed by atoms with Crippen molar-refractivity contribution < 1.29 is 5.11 Å². The molecule has 1 N–H and O–H groups in total. The van der Waals surface area contributed by atoms with E-state index in [9.17, 15) is 5.11 Å². The lowest BCUT2D eigenvalue weighted by molar-refractivity contribution is 0.00291. The van der Waals surface area contributed by atoms with Crippen LogP contribution in [0.25, 0.3) is 0 Å². The van der Waals surface area contributed by atoms with Gasteiger partial charge in [-0.25, -0.2) is 0 Å². The average Bonchev–Trinajstić information content (AvgIpc) is 2.59. The maximum absolute atomic E-state index is 10.2. The van der Waals surface area contributed by atoms with Gasteiger partial charge in [0.1, 0.15) is 0 Å². The molecule has 0 bridgehead atoms. The van der Waals surface area contributed by atoms with Crippen LogP contribution in [0, 0.1) is 5.41 Å². The smallest absolute Gasteiger partial charge is 0.0606 e. The minimum atomic E-state index is -0.113. The topological polar surface area (TPSA) is 23.5 Å². The summed E-state index contributed by atoms with van der Waals surface area (Å²) in [4.78, 5) is 2.62. The monoisotopic (exact) mass is 197 g/mol. The number of nitrogens with zero attached hydrogens (tertiary/aromatic N) is 1. The molecule has 0 aromatic carbocycles. The number of aliphatic hydroxyl groups is 1. The summed E-state index contributed by atoms with van der Waals surface area (Å²) in [6, 6.07) is 1.27. The van der Waals surface area contributed by atoms with Gasteiger partial charge in [0.2, 0.25) is 0 Å². The Kier molecular flexibility index (Phi) is 2.61. The van der Waals surface area contributed by atoms with Crippen molar-refractivity contribution in [3.05, 3.63) is 0 Å². The molecule has 2 fully saturated rings. The van der Waals surface area contributed by atoms with Gasteiger partial charge >= 0.3 is 0 Å². The number of hydrogen-bond acceptors (Lipinski definition) is 2. The molecular weight excluding hydrogens is 174 g/mol. The lowest BCUT2D eigenvalue weighted by Crippen LogP contribution is -2.47. The van der Waals surface area contributed by atoms with Crippen molar-refractivity contribution in [2.45, 2.75) is 64.6 Å². The standard InChI is InChI=1S/C12H23NO/c1-9-6-7-11(14)12(2,3)10-5-4-8-13(9)10/h9-11,14H,4-8H2,1-3H3/t9-,10+,11+/m1/s1. The fourth-order valence-corrected chi connectivity index (χ4v) is 3.27. The predicted molar refractivity (Wildman–Crippen MR) is 58.2 cm³/mol. The molecule has 3 atom stereocenters. The summed E-state index contributed by atoms with van der Waals surface area (Å²) in [7, 11) is 0. The van der Waals surface area contributed by atoms with E-state index in [1.165, 1.54) is 19.4 Å². The van der Waals surface area contributed by atoms with Crippen LogP contribution in [0.4, 0.5) is 0 Å². The van der Waals surface area contributed by atoms with Gasteiger partial charge in [-0.3, -0.25) is 4.90 Å². The summed E-state index contributed by atoms with van der Waals surface area (Å²) in [5.74, 6) is 0. The number of hydrogen-bond donors (Lipinski definition) is 1. The highest BCUT2D eigenvalue weighted by Crippen LogP contribution is 2.41. The van der Waals surface area contributed by atoms with Crippen LogP contribution in [0.15, 0.2) is 0 Å². The highest BCUT2D eigenvalue weighted by molar-refractivity contribution is 4.98. The van der Waals surface area contributed by atoms with E-state index in [0.717, 1.165) is 12.8 Å². The molecule has 0 amide bonds. The highest BCUT2D eigenvalue weighted by atomic mass is 16.3. The summed E-state index contributed by atoms with van der Waals surface area (Å²) in [6.45, 7) is 8.02. The maximum Gasteiger partial charge on any atom is 0.0606 e. The third-order valence-electron chi connectivity index (χ3n) is 4.44. The number of fused-ring (bicyclic) bond motifs is 1. The fraction of sp³-hybridized carbons (Fsp3) is 1.00. The zero-order chi connectivity index (χ0) is 10.3. The van der Waals surface area contributed by atoms with Crippen molar-refractivity contribution in [2.24, 2.45) is 5.41 Å². The average molecular weight is 197 g/mol. The highest BCUT2D eigenvalue weighted by Gasteiger charge is 2.45. The van der Waals surface area contributed by atoms with Gasteiger partial charge in [0.15, 0.2) is 0 Å². The molecule has 0 spiro atoms. The van der Waals surface area contributed by atoms with Gasteiger partial charge in [-0.1, -0.05) is 13.8 Å². The van der Waals surface area contributed by atoms with E-state index >= 15 is 0 Å². The van der Waals surface area contributed by atoms with E-state index in [2.05, 4.69) is 25.7 Å². The lowest BCUT2D eigenvalue weighted by atomic mass is 9.77. The van der Waals surface area contributed by atoms with E-state index < -0.39 is 0 Å².